The summed E-state index contributed by atoms with van der Waals surface area (Å²) in [6, 6.07) is 7.39. The fourth-order valence-corrected chi connectivity index (χ4v) is 3.42. The van der Waals surface area contributed by atoms with Crippen LogP contribution in [0.1, 0.15) is 22.8 Å². The standard InChI is InChI=1S/C17H17NO4/c1-2-22-17(18(20)21)10-6-5-9-15(17)14-11-12-7-3-4-8-13(12)16(14)19/h3-10,14-15H,2,11H2,1H3. The van der Waals surface area contributed by atoms with Crippen molar-refractivity contribution in [2.24, 2.45) is 11.8 Å². The zero-order valence-electron chi connectivity index (χ0n) is 12.3. The summed E-state index contributed by atoms with van der Waals surface area (Å²) in [7, 11) is 0. The van der Waals surface area contributed by atoms with Gasteiger partial charge in [-0.05, 0) is 18.9 Å². The van der Waals surface area contributed by atoms with E-state index in [-0.39, 0.29) is 12.4 Å². The van der Waals surface area contributed by atoms with Crippen LogP contribution in [0, 0.1) is 22.0 Å². The summed E-state index contributed by atoms with van der Waals surface area (Å²) in [5, 5.41) is 11.7. The lowest BCUT2D eigenvalue weighted by Gasteiger charge is -2.32. The average Bonchev–Trinajstić information content (AvgIpc) is 2.85. The van der Waals surface area contributed by atoms with Gasteiger partial charge in [-0.15, -0.1) is 0 Å². The normalized spacial score (nSPS) is 29.6. The molecular weight excluding hydrogens is 282 g/mol. The number of ether oxygens (including phenoxy) is 1. The summed E-state index contributed by atoms with van der Waals surface area (Å²) >= 11 is 0. The van der Waals surface area contributed by atoms with E-state index in [2.05, 4.69) is 0 Å². The number of allylic oxidation sites excluding steroid dienone is 2. The Morgan fingerprint density at radius 3 is 2.82 bits per heavy atom. The molecule has 0 fully saturated rings. The van der Waals surface area contributed by atoms with Gasteiger partial charge in [0.2, 0.25) is 0 Å². The Kier molecular flexibility index (Phi) is 3.66. The molecule has 0 spiro atoms. The second-order valence-corrected chi connectivity index (χ2v) is 5.54. The number of fused-ring (bicyclic) bond motifs is 1. The topological polar surface area (TPSA) is 69.4 Å². The monoisotopic (exact) mass is 299 g/mol. The molecule has 1 aromatic rings. The number of benzene rings is 1. The minimum Gasteiger partial charge on any atom is -0.311 e. The van der Waals surface area contributed by atoms with Gasteiger partial charge in [-0.2, -0.15) is 0 Å². The number of carbonyl (C=O) groups is 1. The van der Waals surface area contributed by atoms with Gasteiger partial charge in [-0.3, -0.25) is 14.9 Å². The Morgan fingerprint density at radius 2 is 2.14 bits per heavy atom. The summed E-state index contributed by atoms with van der Waals surface area (Å²) < 4.78 is 5.51. The lowest BCUT2D eigenvalue weighted by molar-refractivity contribution is -0.623. The number of nitro groups is 1. The minimum absolute atomic E-state index is 0.0357. The molecule has 3 unspecified atom stereocenters. The Morgan fingerprint density at radius 1 is 1.36 bits per heavy atom. The zero-order valence-corrected chi connectivity index (χ0v) is 12.3. The molecule has 3 atom stereocenters. The molecule has 5 nitrogen and oxygen atoms in total. The Labute approximate surface area is 128 Å². The molecule has 5 heteroatoms. The molecule has 0 radical (unpaired) electrons. The quantitative estimate of drug-likeness (QED) is 0.487. The van der Waals surface area contributed by atoms with Gasteiger partial charge in [-0.25, -0.2) is 0 Å². The summed E-state index contributed by atoms with van der Waals surface area (Å²) in [4.78, 5) is 24.0. The summed E-state index contributed by atoms with van der Waals surface area (Å²) in [5.41, 5.74) is -0.0373. The predicted molar refractivity (Wildman–Crippen MR) is 81.1 cm³/mol. The van der Waals surface area contributed by atoms with Crippen molar-refractivity contribution in [1.82, 2.24) is 0 Å². The fourth-order valence-electron chi connectivity index (χ4n) is 3.42. The first-order valence-corrected chi connectivity index (χ1v) is 7.36. The predicted octanol–water partition coefficient (Wildman–Crippen LogP) is 2.79. The maximum absolute atomic E-state index is 12.7. The highest BCUT2D eigenvalue weighted by atomic mass is 16.7. The lowest BCUT2D eigenvalue weighted by Crippen LogP contribution is -2.50. The van der Waals surface area contributed by atoms with Gasteiger partial charge in [0.25, 0.3) is 0 Å². The third kappa shape index (κ3) is 2.09. The Balaban J connectivity index is 2.00. The van der Waals surface area contributed by atoms with E-state index < -0.39 is 22.5 Å². The van der Waals surface area contributed by atoms with E-state index in [1.807, 2.05) is 18.2 Å². The number of Topliss-reactive ketones (excluding diaryl/α,β-unsaturated/α-hetero) is 1. The van der Waals surface area contributed by atoms with Crippen LogP contribution in [0.25, 0.3) is 0 Å². The summed E-state index contributed by atoms with van der Waals surface area (Å²) in [6.45, 7) is 1.93. The molecule has 3 rings (SSSR count). The number of ketones is 1. The van der Waals surface area contributed by atoms with E-state index in [1.165, 1.54) is 6.08 Å². The summed E-state index contributed by atoms with van der Waals surface area (Å²) in [5.74, 6) is -1.10. The van der Waals surface area contributed by atoms with E-state index in [1.54, 1.807) is 31.2 Å². The molecule has 2 aliphatic rings. The van der Waals surface area contributed by atoms with Crippen molar-refractivity contribution in [3.63, 3.8) is 0 Å². The largest absolute Gasteiger partial charge is 0.351 e. The van der Waals surface area contributed by atoms with Crippen LogP contribution in [0.15, 0.2) is 48.6 Å². The van der Waals surface area contributed by atoms with Crippen molar-refractivity contribution in [3.05, 3.63) is 69.8 Å². The van der Waals surface area contributed by atoms with Gasteiger partial charge in [0.1, 0.15) is 0 Å². The molecule has 1 aromatic carbocycles. The van der Waals surface area contributed by atoms with E-state index in [0.717, 1.165) is 5.56 Å². The van der Waals surface area contributed by atoms with Crippen LogP contribution in [0.2, 0.25) is 0 Å². The molecule has 0 aliphatic heterocycles. The molecule has 0 N–H and O–H groups in total. The molecule has 0 heterocycles. The van der Waals surface area contributed by atoms with Crippen LogP contribution in [0.5, 0.6) is 0 Å². The van der Waals surface area contributed by atoms with Crippen LogP contribution in [0.3, 0.4) is 0 Å². The van der Waals surface area contributed by atoms with Gasteiger partial charge >= 0.3 is 5.72 Å². The SMILES string of the molecule is CCOC1([N+](=O)[O-])C=CC=CC1C1Cc2ccccc2C1=O. The van der Waals surface area contributed by atoms with Crippen LogP contribution >= 0.6 is 0 Å². The zero-order chi connectivity index (χ0) is 15.7. The third-order valence-electron chi connectivity index (χ3n) is 4.40. The maximum atomic E-state index is 12.7. The Bertz CT molecular complexity index is 679. The second kappa shape index (κ2) is 5.50. The second-order valence-electron chi connectivity index (χ2n) is 5.54. The highest BCUT2D eigenvalue weighted by Crippen LogP contribution is 2.41. The van der Waals surface area contributed by atoms with Gasteiger partial charge in [0, 0.05) is 17.6 Å². The number of hydrogen-bond acceptors (Lipinski definition) is 4. The number of rotatable bonds is 4. The highest BCUT2D eigenvalue weighted by molar-refractivity contribution is 6.02. The molecule has 22 heavy (non-hydrogen) atoms. The molecule has 0 aromatic heterocycles. The average molecular weight is 299 g/mol. The molecule has 0 saturated heterocycles. The van der Waals surface area contributed by atoms with Gasteiger partial charge in [0.15, 0.2) is 5.78 Å². The van der Waals surface area contributed by atoms with E-state index in [4.69, 9.17) is 4.74 Å². The third-order valence-corrected chi connectivity index (χ3v) is 4.40. The van der Waals surface area contributed by atoms with E-state index in [0.29, 0.717) is 12.0 Å². The van der Waals surface area contributed by atoms with Crippen molar-refractivity contribution in [3.8, 4) is 0 Å². The van der Waals surface area contributed by atoms with Crippen LogP contribution < -0.4 is 0 Å². The molecule has 0 amide bonds. The molecule has 114 valence electrons. The smallest absolute Gasteiger partial charge is 0.311 e. The van der Waals surface area contributed by atoms with Gasteiger partial charge < -0.3 is 4.74 Å². The minimum atomic E-state index is -1.66. The number of hydrogen-bond donors (Lipinski definition) is 0. The van der Waals surface area contributed by atoms with Gasteiger partial charge in [-0.1, -0.05) is 42.5 Å². The number of carbonyl (C=O) groups excluding carboxylic acids is 1. The first kappa shape index (κ1) is 14.7. The van der Waals surface area contributed by atoms with Crippen LogP contribution in [-0.2, 0) is 11.2 Å². The van der Waals surface area contributed by atoms with Crippen molar-refractivity contribution >= 4 is 5.78 Å². The fraction of sp³-hybridized carbons (Fsp3) is 0.353. The molecule has 0 saturated carbocycles. The molecule has 0 bridgehead atoms. The van der Waals surface area contributed by atoms with E-state index >= 15 is 0 Å². The molecular formula is C17H17NO4. The summed E-state index contributed by atoms with van der Waals surface area (Å²) in [6.07, 6.45) is 7.06. The lowest BCUT2D eigenvalue weighted by atomic mass is 9.78. The van der Waals surface area contributed by atoms with E-state index in [9.17, 15) is 14.9 Å². The van der Waals surface area contributed by atoms with Crippen molar-refractivity contribution in [2.45, 2.75) is 19.1 Å². The number of nitrogens with zero attached hydrogens (tertiary/aromatic N) is 1. The van der Waals surface area contributed by atoms with Gasteiger partial charge in [0.05, 0.1) is 17.4 Å². The van der Waals surface area contributed by atoms with Crippen LogP contribution in [-0.4, -0.2) is 23.0 Å². The maximum Gasteiger partial charge on any atom is 0.351 e. The van der Waals surface area contributed by atoms with Crippen LogP contribution in [0.4, 0.5) is 0 Å². The Hall–Kier alpha value is -2.27. The first-order chi connectivity index (χ1) is 10.6. The van der Waals surface area contributed by atoms with Crippen molar-refractivity contribution in [2.75, 3.05) is 6.61 Å². The van der Waals surface area contributed by atoms with Crippen molar-refractivity contribution < 1.29 is 14.5 Å². The first-order valence-electron chi connectivity index (χ1n) is 7.36. The molecule has 2 aliphatic carbocycles. The van der Waals surface area contributed by atoms with Crippen molar-refractivity contribution in [1.29, 1.82) is 0 Å². The highest BCUT2D eigenvalue weighted by Gasteiger charge is 2.55.